The van der Waals surface area contributed by atoms with Crippen LogP contribution in [0.1, 0.15) is 33.5 Å². The van der Waals surface area contributed by atoms with Crippen LogP contribution in [0.5, 0.6) is 0 Å². The molecule has 2 amide bonds. The molecule has 0 bridgehead atoms. The number of nitrogens with one attached hydrogen (secondary N) is 2. The number of methoxy groups -OCH3 is 1. The van der Waals surface area contributed by atoms with E-state index in [4.69, 9.17) is 0 Å². The van der Waals surface area contributed by atoms with Crippen LogP contribution >= 0.6 is 0 Å². The average molecular weight is 354 g/mol. The van der Waals surface area contributed by atoms with Crippen LogP contribution in [0.2, 0.25) is 0 Å². The van der Waals surface area contributed by atoms with Gasteiger partial charge in [-0.15, -0.1) is 0 Å². The summed E-state index contributed by atoms with van der Waals surface area (Å²) in [6.45, 7) is 5.82. The minimum atomic E-state index is -0.453. The number of carbonyl (C=O) groups excluding carboxylic acids is 3. The van der Waals surface area contributed by atoms with E-state index in [9.17, 15) is 14.4 Å². The van der Waals surface area contributed by atoms with Crippen molar-refractivity contribution in [2.45, 2.75) is 27.2 Å². The van der Waals surface area contributed by atoms with Crippen molar-refractivity contribution in [1.29, 1.82) is 0 Å². The number of hydrogen-bond donors (Lipinski definition) is 2. The van der Waals surface area contributed by atoms with E-state index in [0.717, 1.165) is 22.4 Å². The summed E-state index contributed by atoms with van der Waals surface area (Å²) < 4.78 is 4.61. The Morgan fingerprint density at radius 2 is 1.42 bits per heavy atom. The Morgan fingerprint density at radius 3 is 1.96 bits per heavy atom. The van der Waals surface area contributed by atoms with E-state index in [1.165, 1.54) is 7.11 Å². The van der Waals surface area contributed by atoms with Gasteiger partial charge in [-0.3, -0.25) is 9.59 Å². The van der Waals surface area contributed by atoms with Crippen LogP contribution in [0.15, 0.2) is 36.4 Å². The number of benzene rings is 2. The van der Waals surface area contributed by atoms with Gasteiger partial charge in [0.25, 0.3) is 0 Å². The van der Waals surface area contributed by atoms with Gasteiger partial charge in [-0.2, -0.15) is 0 Å². The molecule has 0 aromatic heterocycles. The Morgan fingerprint density at radius 1 is 0.885 bits per heavy atom. The molecule has 0 aliphatic rings. The maximum atomic E-state index is 12.2. The van der Waals surface area contributed by atoms with Crippen LogP contribution in [-0.4, -0.2) is 24.9 Å². The molecule has 0 saturated heterocycles. The molecule has 0 heterocycles. The predicted octanol–water partition coefficient (Wildman–Crippen LogP) is 3.37. The lowest BCUT2D eigenvalue weighted by atomic mass is 10.0. The summed E-state index contributed by atoms with van der Waals surface area (Å²) in [5, 5.41) is 5.42. The molecule has 2 aromatic carbocycles. The molecular formula is C20H22N2O4. The van der Waals surface area contributed by atoms with Crippen LogP contribution in [0, 0.1) is 20.8 Å². The molecule has 0 aliphatic carbocycles. The molecule has 0 saturated carbocycles. The van der Waals surface area contributed by atoms with Crippen LogP contribution < -0.4 is 10.6 Å². The van der Waals surface area contributed by atoms with Gasteiger partial charge in [0, 0.05) is 11.4 Å². The van der Waals surface area contributed by atoms with E-state index >= 15 is 0 Å². The number of hydrogen-bond acceptors (Lipinski definition) is 4. The standard InChI is InChI=1S/C20H22N2O4/c1-12-9-13(2)19(14(3)10-12)22-18(24)11-17(23)21-16-7-5-15(6-8-16)20(25)26-4/h5-10H,11H2,1-4H3,(H,21,23)(H,22,24). The van der Waals surface area contributed by atoms with Gasteiger partial charge in [0.15, 0.2) is 0 Å². The summed E-state index contributed by atoms with van der Waals surface area (Å²) in [6, 6.07) is 10.2. The number of esters is 1. The van der Waals surface area contributed by atoms with E-state index in [-0.39, 0.29) is 12.3 Å². The van der Waals surface area contributed by atoms with E-state index in [0.29, 0.717) is 11.3 Å². The van der Waals surface area contributed by atoms with E-state index in [1.807, 2.05) is 32.9 Å². The fourth-order valence-electron chi connectivity index (χ4n) is 2.72. The minimum absolute atomic E-state index is 0.300. The van der Waals surface area contributed by atoms with Gasteiger partial charge < -0.3 is 15.4 Å². The van der Waals surface area contributed by atoms with Gasteiger partial charge in [0.2, 0.25) is 11.8 Å². The van der Waals surface area contributed by atoms with Crippen molar-refractivity contribution >= 4 is 29.2 Å². The molecule has 0 spiro atoms. The molecule has 0 fully saturated rings. The topological polar surface area (TPSA) is 84.5 Å². The first-order chi connectivity index (χ1) is 12.3. The zero-order valence-electron chi connectivity index (χ0n) is 15.3. The first-order valence-corrected chi connectivity index (χ1v) is 8.16. The highest BCUT2D eigenvalue weighted by atomic mass is 16.5. The molecule has 2 aromatic rings. The van der Waals surface area contributed by atoms with Gasteiger partial charge in [0.1, 0.15) is 6.42 Å². The van der Waals surface area contributed by atoms with E-state index in [2.05, 4.69) is 15.4 Å². The minimum Gasteiger partial charge on any atom is -0.465 e. The first kappa shape index (κ1) is 19.2. The van der Waals surface area contributed by atoms with Crippen molar-refractivity contribution in [1.82, 2.24) is 0 Å². The van der Waals surface area contributed by atoms with E-state index < -0.39 is 11.9 Å². The van der Waals surface area contributed by atoms with Crippen LogP contribution in [0.25, 0.3) is 0 Å². The van der Waals surface area contributed by atoms with Gasteiger partial charge in [0.05, 0.1) is 12.7 Å². The largest absolute Gasteiger partial charge is 0.465 e. The summed E-state index contributed by atoms with van der Waals surface area (Å²) in [4.78, 5) is 35.6. The lowest BCUT2D eigenvalue weighted by Crippen LogP contribution is -2.22. The molecule has 6 heteroatoms. The zero-order chi connectivity index (χ0) is 19.3. The highest BCUT2D eigenvalue weighted by molar-refractivity contribution is 6.08. The van der Waals surface area contributed by atoms with Crippen molar-refractivity contribution in [2.24, 2.45) is 0 Å². The summed E-state index contributed by atoms with van der Waals surface area (Å²) in [7, 11) is 1.30. The SMILES string of the molecule is COC(=O)c1ccc(NC(=O)CC(=O)Nc2c(C)cc(C)cc2C)cc1. The van der Waals surface area contributed by atoms with Crippen LogP contribution in [-0.2, 0) is 14.3 Å². The lowest BCUT2D eigenvalue weighted by Gasteiger charge is -2.13. The molecule has 0 unspecified atom stereocenters. The van der Waals surface area contributed by atoms with Gasteiger partial charge in [-0.1, -0.05) is 17.7 Å². The third-order valence-corrected chi connectivity index (χ3v) is 3.85. The monoisotopic (exact) mass is 354 g/mol. The number of aryl methyl sites for hydroxylation is 3. The molecule has 0 atom stereocenters. The molecule has 6 nitrogen and oxygen atoms in total. The Labute approximate surface area is 152 Å². The second-order valence-electron chi connectivity index (χ2n) is 6.12. The van der Waals surface area contributed by atoms with Gasteiger partial charge >= 0.3 is 5.97 Å². The van der Waals surface area contributed by atoms with Crippen molar-refractivity contribution in [3.63, 3.8) is 0 Å². The average Bonchev–Trinajstić information content (AvgIpc) is 2.58. The Kier molecular flexibility index (Phi) is 6.11. The molecule has 26 heavy (non-hydrogen) atoms. The molecular weight excluding hydrogens is 332 g/mol. The first-order valence-electron chi connectivity index (χ1n) is 8.16. The normalized spacial score (nSPS) is 10.2. The third kappa shape index (κ3) is 4.92. The number of anilines is 2. The fourth-order valence-corrected chi connectivity index (χ4v) is 2.72. The Balaban J connectivity index is 1.95. The highest BCUT2D eigenvalue weighted by Gasteiger charge is 2.13. The maximum absolute atomic E-state index is 12.2. The molecule has 2 N–H and O–H groups in total. The third-order valence-electron chi connectivity index (χ3n) is 3.85. The number of amides is 2. The second-order valence-corrected chi connectivity index (χ2v) is 6.12. The molecule has 0 aliphatic heterocycles. The summed E-state index contributed by atoms with van der Waals surface area (Å²) in [6.07, 6.45) is -0.300. The molecule has 136 valence electrons. The smallest absolute Gasteiger partial charge is 0.337 e. The second kappa shape index (κ2) is 8.29. The number of carbonyl (C=O) groups is 3. The summed E-state index contributed by atoms with van der Waals surface area (Å²) in [5.74, 6) is -1.27. The lowest BCUT2D eigenvalue weighted by molar-refractivity contribution is -0.123. The Bertz CT molecular complexity index is 818. The van der Waals surface area contributed by atoms with Crippen LogP contribution in [0.3, 0.4) is 0 Å². The maximum Gasteiger partial charge on any atom is 0.337 e. The van der Waals surface area contributed by atoms with Crippen molar-refractivity contribution in [2.75, 3.05) is 17.7 Å². The van der Waals surface area contributed by atoms with E-state index in [1.54, 1.807) is 24.3 Å². The predicted molar refractivity (Wildman–Crippen MR) is 100 cm³/mol. The molecule has 2 rings (SSSR count). The highest BCUT2D eigenvalue weighted by Crippen LogP contribution is 2.22. The number of ether oxygens (including phenoxy) is 1. The quantitative estimate of drug-likeness (QED) is 0.637. The summed E-state index contributed by atoms with van der Waals surface area (Å²) >= 11 is 0. The number of rotatable bonds is 5. The van der Waals surface area contributed by atoms with Crippen molar-refractivity contribution < 1.29 is 19.1 Å². The fraction of sp³-hybridized carbons (Fsp3) is 0.250. The molecule has 0 radical (unpaired) electrons. The summed E-state index contributed by atoms with van der Waals surface area (Å²) in [5.41, 5.74) is 4.64. The van der Waals surface area contributed by atoms with Crippen LogP contribution in [0.4, 0.5) is 11.4 Å². The van der Waals surface area contributed by atoms with Crippen molar-refractivity contribution in [3.05, 3.63) is 58.7 Å². The van der Waals surface area contributed by atoms with Gasteiger partial charge in [-0.25, -0.2) is 4.79 Å². The van der Waals surface area contributed by atoms with Gasteiger partial charge in [-0.05, 0) is 56.2 Å². The van der Waals surface area contributed by atoms with Crippen molar-refractivity contribution in [3.8, 4) is 0 Å². The zero-order valence-corrected chi connectivity index (χ0v) is 15.3. The Hall–Kier alpha value is -3.15.